The van der Waals surface area contributed by atoms with E-state index in [2.05, 4.69) is 0 Å². The Morgan fingerprint density at radius 3 is 2.57 bits per heavy atom. The molecule has 2 N–H and O–H groups in total. The van der Waals surface area contributed by atoms with Gasteiger partial charge in [-0.05, 0) is 12.2 Å². The molecule has 0 amide bonds. The average molecular weight is 308 g/mol. The molecule has 114 valence electrons. The Hall–Kier alpha value is -3.34. The topological polar surface area (TPSA) is 87.7 Å². The van der Waals surface area contributed by atoms with Crippen LogP contribution in [-0.4, -0.2) is 16.0 Å². The van der Waals surface area contributed by atoms with E-state index in [0.29, 0.717) is 5.56 Å². The lowest BCUT2D eigenvalue weighted by molar-refractivity contribution is 0.104. The number of aromatic hydroxyl groups is 2. The molecule has 3 aromatic rings. The van der Waals surface area contributed by atoms with Gasteiger partial charge in [0, 0.05) is 17.7 Å². The summed E-state index contributed by atoms with van der Waals surface area (Å²) in [6.45, 7) is 0. The molecular weight excluding hydrogens is 296 g/mol. The Morgan fingerprint density at radius 2 is 1.83 bits per heavy atom. The van der Waals surface area contributed by atoms with Crippen molar-refractivity contribution in [2.75, 3.05) is 0 Å². The number of hydrogen-bond acceptors (Lipinski definition) is 5. The fourth-order valence-electron chi connectivity index (χ4n) is 2.21. The maximum absolute atomic E-state index is 12.3. The zero-order valence-electron chi connectivity index (χ0n) is 11.9. The van der Waals surface area contributed by atoms with Gasteiger partial charge in [-0.1, -0.05) is 30.3 Å². The van der Waals surface area contributed by atoms with Crippen molar-refractivity contribution in [1.82, 2.24) is 0 Å². The van der Waals surface area contributed by atoms with Crippen molar-refractivity contribution >= 4 is 22.8 Å². The first-order valence-corrected chi connectivity index (χ1v) is 6.81. The van der Waals surface area contributed by atoms with E-state index in [-0.39, 0.29) is 33.8 Å². The Labute approximate surface area is 130 Å². The molecule has 0 aliphatic carbocycles. The van der Waals surface area contributed by atoms with Crippen molar-refractivity contribution in [2.24, 2.45) is 0 Å². The van der Waals surface area contributed by atoms with Crippen LogP contribution in [0.2, 0.25) is 0 Å². The minimum atomic E-state index is -0.485. The monoisotopic (exact) mass is 308 g/mol. The Balaban J connectivity index is 2.01. The van der Waals surface area contributed by atoms with Crippen molar-refractivity contribution in [1.29, 1.82) is 0 Å². The number of ketones is 1. The van der Waals surface area contributed by atoms with Gasteiger partial charge in [-0.3, -0.25) is 9.59 Å². The first-order chi connectivity index (χ1) is 11.1. The second-order valence-electron chi connectivity index (χ2n) is 4.92. The highest BCUT2D eigenvalue weighted by atomic mass is 16.3. The van der Waals surface area contributed by atoms with E-state index < -0.39 is 5.43 Å². The number of carbonyl (C=O) groups excluding carboxylic acids is 1. The molecule has 5 nitrogen and oxygen atoms in total. The highest BCUT2D eigenvalue weighted by Gasteiger charge is 2.11. The lowest BCUT2D eigenvalue weighted by Crippen LogP contribution is -2.05. The number of phenolic OH excluding ortho intramolecular Hbond substituents is 2. The van der Waals surface area contributed by atoms with Gasteiger partial charge in [-0.25, -0.2) is 0 Å². The third kappa shape index (κ3) is 2.85. The lowest BCUT2D eigenvalue weighted by Gasteiger charge is -2.02. The Bertz CT molecular complexity index is 968. The summed E-state index contributed by atoms with van der Waals surface area (Å²) in [7, 11) is 0. The normalized spacial score (nSPS) is 11.1. The van der Waals surface area contributed by atoms with Crippen LogP contribution in [-0.2, 0) is 0 Å². The smallest absolute Gasteiger partial charge is 0.203 e. The van der Waals surface area contributed by atoms with Crippen LogP contribution in [0.15, 0.2) is 64.0 Å². The molecule has 0 bridgehead atoms. The first-order valence-electron chi connectivity index (χ1n) is 6.81. The summed E-state index contributed by atoms with van der Waals surface area (Å²) in [4.78, 5) is 24.3. The summed E-state index contributed by atoms with van der Waals surface area (Å²) in [5.41, 5.74) is 0.212. The highest BCUT2D eigenvalue weighted by Crippen LogP contribution is 2.27. The van der Waals surface area contributed by atoms with E-state index in [4.69, 9.17) is 4.42 Å². The molecule has 3 rings (SSSR count). The van der Waals surface area contributed by atoms with Crippen LogP contribution >= 0.6 is 0 Å². The van der Waals surface area contributed by atoms with Crippen LogP contribution < -0.4 is 5.43 Å². The maximum atomic E-state index is 12.3. The Morgan fingerprint density at radius 1 is 1.09 bits per heavy atom. The predicted octanol–water partition coefficient (Wildman–Crippen LogP) is 3.10. The van der Waals surface area contributed by atoms with E-state index in [9.17, 15) is 19.8 Å². The third-order valence-corrected chi connectivity index (χ3v) is 3.34. The van der Waals surface area contributed by atoms with Crippen LogP contribution in [0.25, 0.3) is 17.0 Å². The minimum Gasteiger partial charge on any atom is -0.508 e. The van der Waals surface area contributed by atoms with Crippen LogP contribution in [0.4, 0.5) is 0 Å². The molecule has 23 heavy (non-hydrogen) atoms. The molecule has 0 unspecified atom stereocenters. The lowest BCUT2D eigenvalue weighted by atomic mass is 10.1. The summed E-state index contributed by atoms with van der Waals surface area (Å²) in [6, 6.07) is 10.9. The molecule has 0 aliphatic heterocycles. The van der Waals surface area contributed by atoms with Crippen LogP contribution in [0, 0.1) is 0 Å². The van der Waals surface area contributed by atoms with Gasteiger partial charge < -0.3 is 14.6 Å². The van der Waals surface area contributed by atoms with E-state index in [1.165, 1.54) is 24.5 Å². The molecule has 1 heterocycles. The van der Waals surface area contributed by atoms with Crippen molar-refractivity contribution < 1.29 is 19.4 Å². The van der Waals surface area contributed by atoms with Gasteiger partial charge in [0.25, 0.3) is 0 Å². The van der Waals surface area contributed by atoms with E-state index in [1.807, 2.05) is 0 Å². The largest absolute Gasteiger partial charge is 0.508 e. The van der Waals surface area contributed by atoms with Gasteiger partial charge in [0.1, 0.15) is 28.7 Å². The van der Waals surface area contributed by atoms with Crippen molar-refractivity contribution in [2.45, 2.75) is 0 Å². The van der Waals surface area contributed by atoms with Crippen LogP contribution in [0.5, 0.6) is 11.5 Å². The van der Waals surface area contributed by atoms with Gasteiger partial charge in [0.05, 0.1) is 5.56 Å². The zero-order chi connectivity index (χ0) is 16.4. The van der Waals surface area contributed by atoms with Gasteiger partial charge in [-0.2, -0.15) is 0 Å². The predicted molar refractivity (Wildman–Crippen MR) is 85.6 cm³/mol. The number of carbonyl (C=O) groups is 1. The molecule has 0 fully saturated rings. The molecule has 0 atom stereocenters. The summed E-state index contributed by atoms with van der Waals surface area (Å²) in [6.07, 6.45) is 3.79. The Kier molecular flexibility index (Phi) is 3.68. The number of allylic oxidation sites excluding steroid dienone is 1. The second-order valence-corrected chi connectivity index (χ2v) is 4.92. The number of benzene rings is 2. The van der Waals surface area contributed by atoms with E-state index >= 15 is 0 Å². The number of phenols is 2. The van der Waals surface area contributed by atoms with Crippen molar-refractivity contribution in [3.8, 4) is 11.5 Å². The molecule has 0 spiro atoms. The molecule has 5 heteroatoms. The average Bonchev–Trinajstić information content (AvgIpc) is 2.54. The molecule has 0 saturated heterocycles. The van der Waals surface area contributed by atoms with Crippen LogP contribution in [0.1, 0.15) is 15.9 Å². The first kappa shape index (κ1) is 14.6. The zero-order valence-corrected chi connectivity index (χ0v) is 11.9. The van der Waals surface area contributed by atoms with Crippen LogP contribution in [0.3, 0.4) is 0 Å². The van der Waals surface area contributed by atoms with Crippen molar-refractivity contribution in [3.05, 3.63) is 76.2 Å². The van der Waals surface area contributed by atoms with E-state index in [1.54, 1.807) is 30.3 Å². The third-order valence-electron chi connectivity index (χ3n) is 3.34. The number of rotatable bonds is 3. The fourth-order valence-corrected chi connectivity index (χ4v) is 2.21. The number of hydrogen-bond donors (Lipinski definition) is 2. The molecule has 1 aromatic heterocycles. The van der Waals surface area contributed by atoms with E-state index in [0.717, 1.165) is 6.07 Å². The van der Waals surface area contributed by atoms with Gasteiger partial charge >= 0.3 is 0 Å². The molecule has 0 radical (unpaired) electrons. The van der Waals surface area contributed by atoms with Gasteiger partial charge in [0.15, 0.2) is 5.78 Å². The standard InChI is InChI=1S/C18H12O5/c19-13-8-15(21)17-16(9-13)23-10-12(18(17)22)6-7-14(20)11-4-2-1-3-5-11/h1-10,19,21H/b7-6+. The quantitative estimate of drug-likeness (QED) is 0.573. The fraction of sp³-hybridized carbons (Fsp3) is 0. The summed E-state index contributed by atoms with van der Waals surface area (Å²) in [5, 5.41) is 19.2. The number of fused-ring (bicyclic) bond motifs is 1. The summed E-state index contributed by atoms with van der Waals surface area (Å²) in [5.74, 6) is -0.834. The maximum Gasteiger partial charge on any atom is 0.203 e. The molecular formula is C18H12O5. The molecule has 2 aromatic carbocycles. The minimum absolute atomic E-state index is 0.0443. The second kappa shape index (κ2) is 5.81. The molecule has 0 saturated carbocycles. The highest BCUT2D eigenvalue weighted by molar-refractivity contribution is 6.06. The van der Waals surface area contributed by atoms with Gasteiger partial charge in [-0.15, -0.1) is 0 Å². The van der Waals surface area contributed by atoms with Crippen molar-refractivity contribution in [3.63, 3.8) is 0 Å². The summed E-state index contributed by atoms with van der Waals surface area (Å²) < 4.78 is 5.24. The molecule has 0 aliphatic rings. The SMILES string of the molecule is O=C(/C=C/c1coc2cc(O)cc(O)c2c1=O)c1ccccc1. The van der Waals surface area contributed by atoms with Gasteiger partial charge in [0.2, 0.25) is 5.43 Å². The summed E-state index contributed by atoms with van der Waals surface area (Å²) >= 11 is 0.